The summed E-state index contributed by atoms with van der Waals surface area (Å²) in [6.07, 6.45) is -7.55. The van der Waals surface area contributed by atoms with Crippen LogP contribution in [-0.2, 0) is 11.0 Å². The molecule has 0 saturated heterocycles. The third-order valence-corrected chi connectivity index (χ3v) is 9.33. The summed E-state index contributed by atoms with van der Waals surface area (Å²) < 4.78 is 85.7. The molecular weight excluding hydrogens is 622 g/mol. The summed E-state index contributed by atoms with van der Waals surface area (Å²) in [7, 11) is 0. The number of pyridine rings is 1. The molecule has 2 N–H and O–H groups in total. The van der Waals surface area contributed by atoms with Crippen LogP contribution in [0.1, 0.15) is 96.0 Å². The van der Waals surface area contributed by atoms with Gasteiger partial charge >= 0.3 is 12.4 Å². The number of anilines is 1. The third kappa shape index (κ3) is 6.79. The summed E-state index contributed by atoms with van der Waals surface area (Å²) in [6.45, 7) is -0.505. The number of nitrogens with one attached hydrogen (secondary N) is 1. The topological polar surface area (TPSA) is 80.0 Å². The van der Waals surface area contributed by atoms with Crippen LogP contribution >= 0.6 is 0 Å². The van der Waals surface area contributed by atoms with Crippen LogP contribution in [0.15, 0.2) is 79.0 Å². The molecule has 4 aromatic rings. The predicted octanol–water partition coefficient (Wildman–Crippen LogP) is 8.16. The molecule has 0 bridgehead atoms. The van der Waals surface area contributed by atoms with Gasteiger partial charge in [0.15, 0.2) is 5.78 Å². The molecule has 12 heteroatoms. The van der Waals surface area contributed by atoms with Gasteiger partial charge in [0.05, 0.1) is 17.8 Å². The number of ketones is 1. The predicted molar refractivity (Wildman–Crippen MR) is 163 cm³/mol. The van der Waals surface area contributed by atoms with Crippen LogP contribution in [-0.4, -0.2) is 44.5 Å². The van der Waals surface area contributed by atoms with Crippen LogP contribution in [0.2, 0.25) is 0 Å². The first kappa shape index (κ1) is 32.7. The zero-order valence-electron chi connectivity index (χ0n) is 25.3. The van der Waals surface area contributed by atoms with Crippen molar-refractivity contribution in [3.8, 4) is 0 Å². The van der Waals surface area contributed by atoms with Crippen LogP contribution in [0.5, 0.6) is 0 Å². The van der Waals surface area contributed by atoms with Gasteiger partial charge in [-0.1, -0.05) is 73.5 Å². The van der Waals surface area contributed by atoms with E-state index in [-0.39, 0.29) is 23.0 Å². The lowest BCUT2D eigenvalue weighted by Crippen LogP contribution is -2.38. The Kier molecular flexibility index (Phi) is 9.15. The molecule has 1 fully saturated rings. The number of carbonyl (C=O) groups is 1. The average Bonchev–Trinajstić information content (AvgIpc) is 3.30. The van der Waals surface area contributed by atoms with E-state index >= 15 is 0 Å². The molecule has 248 valence electrons. The minimum absolute atomic E-state index is 0.0351. The summed E-state index contributed by atoms with van der Waals surface area (Å²) in [4.78, 5) is 16.9. The maximum absolute atomic E-state index is 14.9. The Balaban J connectivity index is 1.46. The molecule has 1 aliphatic heterocycles. The fourth-order valence-corrected chi connectivity index (χ4v) is 7.00. The van der Waals surface area contributed by atoms with E-state index in [1.54, 1.807) is 0 Å². The van der Waals surface area contributed by atoms with Gasteiger partial charge in [-0.3, -0.25) is 9.78 Å². The number of Topliss-reactive ketones (excluding diaryl/α,β-unsaturated/α-hetero) is 1. The number of aliphatic hydroxyl groups excluding tert-OH is 1. The number of rotatable bonds is 5. The highest BCUT2D eigenvalue weighted by molar-refractivity contribution is 5.89. The Morgan fingerprint density at radius 3 is 1.96 bits per heavy atom. The largest absolute Gasteiger partial charge is 0.417 e. The maximum atomic E-state index is 14.9. The van der Waals surface area contributed by atoms with E-state index in [4.69, 9.17) is 5.10 Å². The second-order valence-electron chi connectivity index (χ2n) is 12.3. The molecule has 2 aliphatic rings. The quantitative estimate of drug-likeness (QED) is 0.212. The first-order valence-electron chi connectivity index (χ1n) is 15.7. The Bertz CT molecular complexity index is 1630. The standard InChI is InChI=1S/C35H34F6N4O2/c36-34(37,38)25-17-18-26(42-19-25)21-9-7-8-10-22(16-15-21)30-28-29(35(39,40)41)32(47)27(46)20-43-33(28)45(44-30)31(23-11-3-1-4-12-23)24-13-5-2-6-14-24/h1-6,11-14,17-19,21-22,29,31-32,43,47H,7-10,15-16,20H2/t21?,22?,29?,32-/m0/s1. The van der Waals surface area contributed by atoms with E-state index < -0.39 is 54.2 Å². The van der Waals surface area contributed by atoms with Gasteiger partial charge in [-0.2, -0.15) is 31.4 Å². The van der Waals surface area contributed by atoms with E-state index in [1.165, 1.54) is 10.7 Å². The number of hydrogen-bond acceptors (Lipinski definition) is 5. The zero-order valence-corrected chi connectivity index (χ0v) is 25.3. The molecule has 47 heavy (non-hydrogen) atoms. The number of aromatic nitrogens is 3. The van der Waals surface area contributed by atoms with Crippen molar-refractivity contribution in [1.82, 2.24) is 14.8 Å². The summed E-state index contributed by atoms with van der Waals surface area (Å²) in [5.41, 5.74) is 1.13. The molecule has 6 nitrogen and oxygen atoms in total. The van der Waals surface area contributed by atoms with Gasteiger partial charge in [-0.05, 0) is 48.9 Å². The van der Waals surface area contributed by atoms with E-state index in [0.29, 0.717) is 44.2 Å². The second-order valence-corrected chi connectivity index (χ2v) is 12.3. The monoisotopic (exact) mass is 656 g/mol. The minimum atomic E-state index is -4.96. The molecule has 3 unspecified atom stereocenters. The molecule has 0 spiro atoms. The number of fused-ring (bicyclic) bond motifs is 1. The first-order valence-corrected chi connectivity index (χ1v) is 15.7. The van der Waals surface area contributed by atoms with Crippen LogP contribution in [0.3, 0.4) is 0 Å². The summed E-state index contributed by atoms with van der Waals surface area (Å²) >= 11 is 0. The van der Waals surface area contributed by atoms with Crippen LogP contribution < -0.4 is 5.32 Å². The van der Waals surface area contributed by atoms with Crippen molar-refractivity contribution in [2.75, 3.05) is 11.9 Å². The highest BCUT2D eigenvalue weighted by Crippen LogP contribution is 2.49. The SMILES string of the molecule is O=C1CNc2c(c(C3CCCCC(c4ccc(C(F)(F)F)cn4)CC3)nn2C(c2ccccc2)c2ccccc2)C(C(F)(F)F)[C@H]1O. The van der Waals surface area contributed by atoms with Crippen LogP contribution in [0.25, 0.3) is 0 Å². The highest BCUT2D eigenvalue weighted by Gasteiger charge is 2.53. The number of nitrogens with zero attached hydrogens (tertiary/aromatic N) is 3. The number of benzene rings is 2. The Labute approximate surface area is 267 Å². The van der Waals surface area contributed by atoms with Crippen molar-refractivity contribution in [3.05, 3.63) is 113 Å². The van der Waals surface area contributed by atoms with E-state index in [1.807, 2.05) is 60.7 Å². The average molecular weight is 657 g/mol. The van der Waals surface area contributed by atoms with Gasteiger partial charge in [-0.15, -0.1) is 0 Å². The van der Waals surface area contributed by atoms with Gasteiger partial charge < -0.3 is 10.4 Å². The molecule has 1 saturated carbocycles. The Morgan fingerprint density at radius 1 is 0.809 bits per heavy atom. The lowest BCUT2D eigenvalue weighted by molar-refractivity contribution is -0.176. The molecule has 0 radical (unpaired) electrons. The highest BCUT2D eigenvalue weighted by atomic mass is 19.4. The van der Waals surface area contributed by atoms with Crippen molar-refractivity contribution >= 4 is 11.6 Å². The molecule has 3 heterocycles. The number of alkyl halides is 6. The molecule has 0 amide bonds. The summed E-state index contributed by atoms with van der Waals surface area (Å²) in [5, 5.41) is 18.7. The van der Waals surface area contributed by atoms with Gasteiger partial charge in [0.1, 0.15) is 23.9 Å². The first-order chi connectivity index (χ1) is 22.4. The normalized spacial score (nSPS) is 22.6. The van der Waals surface area contributed by atoms with Crippen molar-refractivity contribution < 1.29 is 36.2 Å². The molecule has 2 aromatic heterocycles. The van der Waals surface area contributed by atoms with Crippen molar-refractivity contribution in [2.24, 2.45) is 0 Å². The fourth-order valence-electron chi connectivity index (χ4n) is 7.00. The summed E-state index contributed by atoms with van der Waals surface area (Å²) in [5.74, 6) is -4.09. The Hall–Kier alpha value is -4.19. The third-order valence-electron chi connectivity index (χ3n) is 9.33. The van der Waals surface area contributed by atoms with Crippen LogP contribution in [0.4, 0.5) is 32.2 Å². The molecule has 1 aliphatic carbocycles. The zero-order chi connectivity index (χ0) is 33.3. The molecule has 6 rings (SSSR count). The van der Waals surface area contributed by atoms with Gasteiger partial charge in [0, 0.05) is 29.3 Å². The second kappa shape index (κ2) is 13.1. The minimum Gasteiger partial charge on any atom is -0.384 e. The van der Waals surface area contributed by atoms with Crippen LogP contribution in [0, 0.1) is 0 Å². The maximum Gasteiger partial charge on any atom is 0.417 e. The van der Waals surface area contributed by atoms with Crippen molar-refractivity contribution in [3.63, 3.8) is 0 Å². The number of hydrogen-bond donors (Lipinski definition) is 2. The fraction of sp³-hybridized carbons (Fsp3) is 0.400. The molecule has 2 aromatic carbocycles. The van der Waals surface area contributed by atoms with E-state index in [9.17, 15) is 36.2 Å². The van der Waals surface area contributed by atoms with Crippen molar-refractivity contribution in [1.29, 1.82) is 0 Å². The smallest absolute Gasteiger partial charge is 0.384 e. The molecular formula is C35H34F6N4O2. The lowest BCUT2D eigenvalue weighted by atomic mass is 9.79. The Morgan fingerprint density at radius 2 is 1.40 bits per heavy atom. The van der Waals surface area contributed by atoms with E-state index in [0.717, 1.165) is 23.4 Å². The molecule has 4 atom stereocenters. The van der Waals surface area contributed by atoms with Gasteiger partial charge in [0.25, 0.3) is 0 Å². The van der Waals surface area contributed by atoms with Gasteiger partial charge in [-0.25, -0.2) is 4.68 Å². The summed E-state index contributed by atoms with van der Waals surface area (Å²) in [6, 6.07) is 20.2. The number of halogens is 6. The number of carbonyl (C=O) groups excluding carboxylic acids is 1. The lowest BCUT2D eigenvalue weighted by Gasteiger charge is -2.27. The van der Waals surface area contributed by atoms with E-state index in [2.05, 4.69) is 10.3 Å². The number of aliphatic hydroxyl groups is 1. The van der Waals surface area contributed by atoms with Gasteiger partial charge in [0.2, 0.25) is 0 Å². The van der Waals surface area contributed by atoms with Crippen molar-refractivity contribution in [2.45, 2.75) is 80.8 Å².